The maximum atomic E-state index is 10.6. The molecule has 0 saturated carbocycles. The van der Waals surface area contributed by atoms with Gasteiger partial charge in [-0.15, -0.1) is 0 Å². The van der Waals surface area contributed by atoms with Crippen LogP contribution in [0, 0.1) is 19.8 Å². The van der Waals surface area contributed by atoms with Crippen LogP contribution in [0.5, 0.6) is 5.75 Å². The monoisotopic (exact) mass is 340 g/mol. The van der Waals surface area contributed by atoms with Gasteiger partial charge in [0.15, 0.2) is 0 Å². The molecular formula is C22H28O3. The van der Waals surface area contributed by atoms with Gasteiger partial charge in [0.1, 0.15) is 17.1 Å². The second-order valence-corrected chi connectivity index (χ2v) is 8.41. The normalized spacial score (nSPS) is 30.5. The zero-order chi connectivity index (χ0) is 17.8. The first-order valence-electron chi connectivity index (χ1n) is 9.36. The molecule has 1 aromatic rings. The van der Waals surface area contributed by atoms with Gasteiger partial charge >= 0.3 is 0 Å². The Bertz CT molecular complexity index is 757. The summed E-state index contributed by atoms with van der Waals surface area (Å²) in [5.41, 5.74) is 4.38. The molecule has 1 aliphatic carbocycles. The van der Waals surface area contributed by atoms with Crippen LogP contribution in [0.2, 0.25) is 0 Å². The van der Waals surface area contributed by atoms with Crippen molar-refractivity contribution < 1.29 is 14.6 Å². The number of hydrogen-bond donors (Lipinski definition) is 1. The van der Waals surface area contributed by atoms with Crippen LogP contribution in [-0.4, -0.2) is 23.4 Å². The third-order valence-corrected chi connectivity index (χ3v) is 6.13. The molecule has 1 aromatic carbocycles. The summed E-state index contributed by atoms with van der Waals surface area (Å²) in [4.78, 5) is 0. The highest BCUT2D eigenvalue weighted by molar-refractivity contribution is 5.46. The standard InChI is InChI=1S/C22H28O3/c1-13-5-7-17(20(23)14(13)2)16-11-15-6-8-19-18(21(15)24-12-16)9-10-22(3,4)25-19/h5-8,15-16,21,23H,9-12H2,1-4H3. The Hall–Kier alpha value is -1.74. The number of hydrogen-bond acceptors (Lipinski definition) is 3. The molecule has 2 heterocycles. The van der Waals surface area contributed by atoms with Crippen LogP contribution in [0.3, 0.4) is 0 Å². The van der Waals surface area contributed by atoms with E-state index in [9.17, 15) is 5.11 Å². The van der Waals surface area contributed by atoms with E-state index in [0.29, 0.717) is 18.3 Å². The summed E-state index contributed by atoms with van der Waals surface area (Å²) in [6.45, 7) is 8.98. The zero-order valence-electron chi connectivity index (χ0n) is 15.6. The molecule has 25 heavy (non-hydrogen) atoms. The van der Waals surface area contributed by atoms with E-state index >= 15 is 0 Å². The summed E-state index contributed by atoms with van der Waals surface area (Å²) in [5.74, 6) is 2.07. The fourth-order valence-corrected chi connectivity index (χ4v) is 4.38. The molecule has 1 saturated heterocycles. The second kappa shape index (κ2) is 5.91. The van der Waals surface area contributed by atoms with Gasteiger partial charge in [0.05, 0.1) is 12.7 Å². The lowest BCUT2D eigenvalue weighted by molar-refractivity contribution is -0.0320. The van der Waals surface area contributed by atoms with Crippen molar-refractivity contribution in [3.63, 3.8) is 0 Å². The fourth-order valence-electron chi connectivity index (χ4n) is 4.38. The minimum absolute atomic E-state index is 0.0849. The summed E-state index contributed by atoms with van der Waals surface area (Å²) in [7, 11) is 0. The number of fused-ring (bicyclic) bond motifs is 2. The SMILES string of the molecule is Cc1ccc(C2COC3C4=C(C=CC3C2)OC(C)(C)CC4)c(O)c1C. The number of phenols is 1. The molecule has 3 aliphatic rings. The molecule has 134 valence electrons. The number of benzene rings is 1. The molecule has 3 unspecified atom stereocenters. The molecule has 0 aromatic heterocycles. The molecule has 3 atom stereocenters. The largest absolute Gasteiger partial charge is 0.507 e. The third kappa shape index (κ3) is 2.89. The molecule has 3 nitrogen and oxygen atoms in total. The number of ether oxygens (including phenoxy) is 2. The first-order valence-corrected chi connectivity index (χ1v) is 9.36. The summed E-state index contributed by atoms with van der Waals surface area (Å²) in [6.07, 6.45) is 7.62. The van der Waals surface area contributed by atoms with Crippen molar-refractivity contribution >= 4 is 0 Å². The van der Waals surface area contributed by atoms with Crippen molar-refractivity contribution in [2.45, 2.75) is 64.6 Å². The van der Waals surface area contributed by atoms with Gasteiger partial charge < -0.3 is 14.6 Å². The van der Waals surface area contributed by atoms with Gasteiger partial charge in [-0.2, -0.15) is 0 Å². The van der Waals surface area contributed by atoms with E-state index < -0.39 is 0 Å². The van der Waals surface area contributed by atoms with E-state index in [-0.39, 0.29) is 17.6 Å². The summed E-state index contributed by atoms with van der Waals surface area (Å²) in [6, 6.07) is 4.17. The molecule has 3 heteroatoms. The zero-order valence-corrected chi connectivity index (χ0v) is 15.6. The molecular weight excluding hydrogens is 312 g/mol. The average molecular weight is 340 g/mol. The molecule has 1 N–H and O–H groups in total. The average Bonchev–Trinajstić information content (AvgIpc) is 2.58. The van der Waals surface area contributed by atoms with Crippen molar-refractivity contribution in [3.8, 4) is 5.75 Å². The predicted octanol–water partition coefficient (Wildman–Crippen LogP) is 4.91. The van der Waals surface area contributed by atoms with Crippen molar-refractivity contribution in [3.05, 3.63) is 52.3 Å². The molecule has 1 fully saturated rings. The van der Waals surface area contributed by atoms with Gasteiger partial charge in [-0.25, -0.2) is 0 Å². The minimum Gasteiger partial charge on any atom is -0.507 e. The number of phenolic OH excluding ortho intramolecular Hbond substituents is 1. The van der Waals surface area contributed by atoms with Gasteiger partial charge in [-0.05, 0) is 69.7 Å². The first kappa shape index (κ1) is 16.7. The number of allylic oxidation sites excluding steroid dienone is 1. The van der Waals surface area contributed by atoms with Crippen LogP contribution >= 0.6 is 0 Å². The van der Waals surface area contributed by atoms with Crippen LogP contribution < -0.4 is 0 Å². The lowest BCUT2D eigenvalue weighted by Gasteiger charge is -2.43. The van der Waals surface area contributed by atoms with Crippen LogP contribution in [0.15, 0.2) is 35.6 Å². The molecule has 4 rings (SSSR count). The topological polar surface area (TPSA) is 38.7 Å². The maximum absolute atomic E-state index is 10.6. The highest BCUT2D eigenvalue weighted by Crippen LogP contribution is 2.45. The molecule has 0 spiro atoms. The van der Waals surface area contributed by atoms with E-state index in [1.54, 1.807) is 0 Å². The van der Waals surface area contributed by atoms with Crippen molar-refractivity contribution in [2.75, 3.05) is 6.61 Å². The Kier molecular flexibility index (Phi) is 3.95. The summed E-state index contributed by atoms with van der Waals surface area (Å²) < 4.78 is 12.5. The molecule has 0 amide bonds. The molecule has 2 aliphatic heterocycles. The number of rotatable bonds is 1. The number of aryl methyl sites for hydroxylation is 1. The van der Waals surface area contributed by atoms with Crippen LogP contribution in [0.25, 0.3) is 0 Å². The van der Waals surface area contributed by atoms with Crippen LogP contribution in [0.4, 0.5) is 0 Å². The van der Waals surface area contributed by atoms with Crippen molar-refractivity contribution in [1.29, 1.82) is 0 Å². The van der Waals surface area contributed by atoms with Crippen LogP contribution in [-0.2, 0) is 9.47 Å². The van der Waals surface area contributed by atoms with Gasteiger partial charge in [0, 0.05) is 17.4 Å². The van der Waals surface area contributed by atoms with E-state index in [1.165, 1.54) is 5.57 Å². The lowest BCUT2D eigenvalue weighted by atomic mass is 9.76. The van der Waals surface area contributed by atoms with Gasteiger partial charge in [-0.1, -0.05) is 18.2 Å². The first-order chi connectivity index (χ1) is 11.9. The number of aromatic hydroxyl groups is 1. The predicted molar refractivity (Wildman–Crippen MR) is 98.7 cm³/mol. The van der Waals surface area contributed by atoms with E-state index in [1.807, 2.05) is 13.8 Å². The van der Waals surface area contributed by atoms with Gasteiger partial charge in [0.2, 0.25) is 0 Å². The third-order valence-electron chi connectivity index (χ3n) is 6.13. The Morgan fingerprint density at radius 1 is 1.20 bits per heavy atom. The smallest absolute Gasteiger partial charge is 0.122 e. The van der Waals surface area contributed by atoms with E-state index in [4.69, 9.17) is 9.47 Å². The summed E-state index contributed by atoms with van der Waals surface area (Å²) in [5, 5.41) is 10.6. The molecule has 0 radical (unpaired) electrons. The van der Waals surface area contributed by atoms with Gasteiger partial charge in [0.25, 0.3) is 0 Å². The quantitative estimate of drug-likeness (QED) is 0.789. The second-order valence-electron chi connectivity index (χ2n) is 8.41. The maximum Gasteiger partial charge on any atom is 0.122 e. The Labute approximate surface area is 150 Å². The highest BCUT2D eigenvalue weighted by atomic mass is 16.5. The summed E-state index contributed by atoms with van der Waals surface area (Å²) >= 11 is 0. The fraction of sp³-hybridized carbons (Fsp3) is 0.545. The van der Waals surface area contributed by atoms with Crippen LogP contribution in [0.1, 0.15) is 55.7 Å². The Morgan fingerprint density at radius 2 is 2.00 bits per heavy atom. The van der Waals surface area contributed by atoms with Crippen molar-refractivity contribution in [2.24, 2.45) is 5.92 Å². The van der Waals surface area contributed by atoms with E-state index in [2.05, 4.69) is 38.1 Å². The van der Waals surface area contributed by atoms with Gasteiger partial charge in [-0.3, -0.25) is 0 Å². The molecule has 0 bridgehead atoms. The van der Waals surface area contributed by atoms with Crippen molar-refractivity contribution in [1.82, 2.24) is 0 Å². The highest BCUT2D eigenvalue weighted by Gasteiger charge is 2.40. The Balaban J connectivity index is 1.56. The Morgan fingerprint density at radius 3 is 2.80 bits per heavy atom. The van der Waals surface area contributed by atoms with E-state index in [0.717, 1.165) is 41.7 Å². The lowest BCUT2D eigenvalue weighted by Crippen LogP contribution is -2.40. The minimum atomic E-state index is -0.0849.